The molecule has 25 heavy (non-hydrogen) atoms. The number of hydrogen-bond donors (Lipinski definition) is 0. The third kappa shape index (κ3) is 3.14. The van der Waals surface area contributed by atoms with Crippen molar-refractivity contribution < 1.29 is 0 Å². The summed E-state index contributed by atoms with van der Waals surface area (Å²) in [5.74, 6) is 1.97. The number of aromatic nitrogens is 5. The quantitative estimate of drug-likeness (QED) is 0.735. The van der Waals surface area contributed by atoms with Gasteiger partial charge < -0.3 is 4.90 Å². The molecule has 0 radical (unpaired) electrons. The fourth-order valence-corrected chi connectivity index (χ4v) is 3.67. The first kappa shape index (κ1) is 16.1. The Kier molecular flexibility index (Phi) is 4.21. The first-order valence-corrected chi connectivity index (χ1v) is 9.00. The van der Waals surface area contributed by atoms with E-state index in [0.29, 0.717) is 17.7 Å². The van der Waals surface area contributed by atoms with Gasteiger partial charge in [0.25, 0.3) is 0 Å². The van der Waals surface area contributed by atoms with Crippen LogP contribution >= 0.6 is 0 Å². The van der Waals surface area contributed by atoms with Crippen molar-refractivity contribution in [3.05, 3.63) is 42.2 Å². The molecule has 4 heterocycles. The second-order valence-corrected chi connectivity index (χ2v) is 7.09. The van der Waals surface area contributed by atoms with Crippen LogP contribution in [0.3, 0.4) is 0 Å². The van der Waals surface area contributed by atoms with Gasteiger partial charge in [-0.15, -0.1) is 0 Å². The summed E-state index contributed by atoms with van der Waals surface area (Å²) in [6, 6.07) is 4.63. The summed E-state index contributed by atoms with van der Waals surface area (Å²) in [7, 11) is 0. The number of likely N-dealkylation sites (tertiary alicyclic amines) is 1. The largest absolute Gasteiger partial charge is 0.300 e. The highest BCUT2D eigenvalue weighted by Crippen LogP contribution is 2.29. The van der Waals surface area contributed by atoms with Crippen LogP contribution in [-0.4, -0.2) is 48.4 Å². The highest BCUT2D eigenvalue weighted by Gasteiger charge is 2.25. The number of nitrogens with zero attached hydrogens (tertiary/aromatic N) is 6. The Labute approximate surface area is 148 Å². The minimum absolute atomic E-state index is 0.467. The number of hydrogen-bond acceptors (Lipinski definition) is 5. The first-order chi connectivity index (χ1) is 12.1. The van der Waals surface area contributed by atoms with Crippen molar-refractivity contribution in [1.29, 1.82) is 0 Å². The molecule has 3 aromatic rings. The van der Waals surface area contributed by atoms with Crippen LogP contribution in [0.1, 0.15) is 44.1 Å². The molecular formula is C19H24N6. The van der Waals surface area contributed by atoms with Crippen molar-refractivity contribution in [3.63, 3.8) is 0 Å². The lowest BCUT2D eigenvalue weighted by Crippen LogP contribution is -2.39. The summed E-state index contributed by atoms with van der Waals surface area (Å²) in [6.45, 7) is 8.76. The van der Waals surface area contributed by atoms with Crippen molar-refractivity contribution in [2.75, 3.05) is 13.1 Å². The average molecular weight is 336 g/mol. The van der Waals surface area contributed by atoms with Crippen molar-refractivity contribution in [1.82, 2.24) is 29.2 Å². The Morgan fingerprint density at radius 3 is 2.92 bits per heavy atom. The maximum absolute atomic E-state index is 4.76. The molecule has 3 aromatic heterocycles. The van der Waals surface area contributed by atoms with Gasteiger partial charge in [-0.1, -0.05) is 0 Å². The standard InChI is InChI=1S/C19H24N6/c1-13(2)24-8-4-6-15(12-24)16-10-17(23-14(3)22-16)18-11-21-19-20-7-5-9-25(18)19/h5,7,9-11,13,15H,4,6,8,12H2,1-3H3. The summed E-state index contributed by atoms with van der Waals surface area (Å²) in [5.41, 5.74) is 3.03. The summed E-state index contributed by atoms with van der Waals surface area (Å²) in [5, 5.41) is 0. The molecule has 0 bridgehead atoms. The molecule has 6 heteroatoms. The van der Waals surface area contributed by atoms with Crippen LogP contribution in [0.2, 0.25) is 0 Å². The van der Waals surface area contributed by atoms with E-state index in [-0.39, 0.29) is 0 Å². The van der Waals surface area contributed by atoms with Crippen LogP contribution < -0.4 is 0 Å². The number of aryl methyl sites for hydroxylation is 1. The number of rotatable bonds is 3. The monoisotopic (exact) mass is 336 g/mol. The third-order valence-corrected chi connectivity index (χ3v) is 5.01. The van der Waals surface area contributed by atoms with E-state index in [1.807, 2.05) is 29.8 Å². The molecule has 130 valence electrons. The second kappa shape index (κ2) is 6.52. The Bertz CT molecular complexity index is 885. The Morgan fingerprint density at radius 2 is 2.08 bits per heavy atom. The van der Waals surface area contributed by atoms with E-state index in [4.69, 9.17) is 4.98 Å². The maximum Gasteiger partial charge on any atom is 0.234 e. The van der Waals surface area contributed by atoms with Crippen molar-refractivity contribution in [2.45, 2.75) is 45.6 Å². The summed E-state index contributed by atoms with van der Waals surface area (Å²) in [4.78, 5) is 20.6. The third-order valence-electron chi connectivity index (χ3n) is 5.01. The molecule has 1 atom stereocenters. The van der Waals surface area contributed by atoms with E-state index in [2.05, 4.69) is 39.8 Å². The van der Waals surface area contributed by atoms with Crippen LogP contribution in [0.4, 0.5) is 0 Å². The Morgan fingerprint density at radius 1 is 1.20 bits per heavy atom. The van der Waals surface area contributed by atoms with E-state index in [1.165, 1.54) is 19.4 Å². The highest BCUT2D eigenvalue weighted by atomic mass is 15.2. The number of piperidine rings is 1. The smallest absolute Gasteiger partial charge is 0.234 e. The lowest BCUT2D eigenvalue weighted by Gasteiger charge is -2.35. The maximum atomic E-state index is 4.76. The molecule has 0 spiro atoms. The van der Waals surface area contributed by atoms with E-state index in [0.717, 1.165) is 29.5 Å². The molecule has 1 aliphatic heterocycles. The normalized spacial score (nSPS) is 19.0. The highest BCUT2D eigenvalue weighted by molar-refractivity contribution is 5.58. The molecule has 1 unspecified atom stereocenters. The van der Waals surface area contributed by atoms with Crippen LogP contribution in [0, 0.1) is 6.92 Å². The molecule has 0 aliphatic carbocycles. The van der Waals surface area contributed by atoms with E-state index in [9.17, 15) is 0 Å². The van der Waals surface area contributed by atoms with Gasteiger partial charge in [0.2, 0.25) is 5.78 Å². The second-order valence-electron chi connectivity index (χ2n) is 7.09. The molecule has 1 saturated heterocycles. The van der Waals surface area contributed by atoms with Crippen LogP contribution in [0.5, 0.6) is 0 Å². The molecule has 0 aromatic carbocycles. The molecule has 6 nitrogen and oxygen atoms in total. The average Bonchev–Trinajstić information content (AvgIpc) is 3.05. The van der Waals surface area contributed by atoms with Crippen LogP contribution in [-0.2, 0) is 0 Å². The van der Waals surface area contributed by atoms with Gasteiger partial charge in [0.05, 0.1) is 17.6 Å². The lowest BCUT2D eigenvalue weighted by molar-refractivity contribution is 0.166. The van der Waals surface area contributed by atoms with Gasteiger partial charge in [-0.05, 0) is 52.3 Å². The van der Waals surface area contributed by atoms with Crippen molar-refractivity contribution >= 4 is 5.78 Å². The SMILES string of the molecule is Cc1nc(-c2cnc3ncccn23)cc(C2CCCN(C(C)C)C2)n1. The van der Waals surface area contributed by atoms with Gasteiger partial charge in [0.1, 0.15) is 5.82 Å². The predicted octanol–water partition coefficient (Wildman–Crippen LogP) is 3.08. The van der Waals surface area contributed by atoms with E-state index in [1.54, 1.807) is 6.20 Å². The van der Waals surface area contributed by atoms with Gasteiger partial charge in [0, 0.05) is 36.6 Å². The minimum Gasteiger partial charge on any atom is -0.300 e. The van der Waals surface area contributed by atoms with E-state index < -0.39 is 0 Å². The molecule has 1 fully saturated rings. The molecule has 1 aliphatic rings. The number of fused-ring (bicyclic) bond motifs is 1. The predicted molar refractivity (Wildman–Crippen MR) is 97.4 cm³/mol. The summed E-state index contributed by atoms with van der Waals surface area (Å²) in [6.07, 6.45) is 7.98. The molecular weight excluding hydrogens is 312 g/mol. The minimum atomic E-state index is 0.467. The van der Waals surface area contributed by atoms with Gasteiger partial charge in [-0.3, -0.25) is 4.40 Å². The van der Waals surface area contributed by atoms with Crippen molar-refractivity contribution in [3.8, 4) is 11.4 Å². The molecule has 4 rings (SSSR count). The van der Waals surface area contributed by atoms with Gasteiger partial charge in [-0.2, -0.15) is 0 Å². The zero-order valence-corrected chi connectivity index (χ0v) is 15.1. The first-order valence-electron chi connectivity index (χ1n) is 9.00. The molecule has 0 saturated carbocycles. The summed E-state index contributed by atoms with van der Waals surface area (Å²) >= 11 is 0. The van der Waals surface area contributed by atoms with Gasteiger partial charge >= 0.3 is 0 Å². The van der Waals surface area contributed by atoms with Gasteiger partial charge in [-0.25, -0.2) is 19.9 Å². The van der Waals surface area contributed by atoms with E-state index >= 15 is 0 Å². The zero-order chi connectivity index (χ0) is 17.4. The zero-order valence-electron chi connectivity index (χ0n) is 15.1. The lowest BCUT2D eigenvalue weighted by atomic mass is 9.93. The number of imidazole rings is 1. The Balaban J connectivity index is 1.72. The van der Waals surface area contributed by atoms with Crippen molar-refractivity contribution in [2.24, 2.45) is 0 Å². The van der Waals surface area contributed by atoms with Gasteiger partial charge in [0.15, 0.2) is 0 Å². The Hall–Kier alpha value is -2.34. The topological polar surface area (TPSA) is 59.2 Å². The summed E-state index contributed by atoms with van der Waals surface area (Å²) < 4.78 is 1.98. The molecule has 0 amide bonds. The molecule has 0 N–H and O–H groups in total. The van der Waals surface area contributed by atoms with Crippen LogP contribution in [0.15, 0.2) is 30.7 Å². The fourth-order valence-electron chi connectivity index (χ4n) is 3.67. The fraction of sp³-hybridized carbons (Fsp3) is 0.474. The van der Waals surface area contributed by atoms with Crippen LogP contribution in [0.25, 0.3) is 17.2 Å².